The molecule has 0 heterocycles. The van der Waals surface area contributed by atoms with Gasteiger partial charge in [0.25, 0.3) is 0 Å². The lowest BCUT2D eigenvalue weighted by atomic mass is 9.71. The fraction of sp³-hybridized carbons (Fsp3) is 0.833. The van der Waals surface area contributed by atoms with E-state index in [0.717, 1.165) is 12.7 Å². The maximum atomic E-state index is 9.63. The molecule has 0 aromatic heterocycles. The van der Waals surface area contributed by atoms with Crippen LogP contribution in [0.25, 0.3) is 0 Å². The van der Waals surface area contributed by atoms with Gasteiger partial charge >= 0.3 is 0 Å². The van der Waals surface area contributed by atoms with Gasteiger partial charge in [0.2, 0.25) is 0 Å². The van der Waals surface area contributed by atoms with E-state index in [0.29, 0.717) is 0 Å². The Hall–Kier alpha value is -0.660. The third-order valence-corrected chi connectivity index (χ3v) is 2.35. The number of hydrogen-bond acceptors (Lipinski definition) is 2. The SMILES string of the molecule is CC(C)(C)CC(/C(O)=C/O)C(C)(C)C. The van der Waals surface area contributed by atoms with Crippen LogP contribution in [0.3, 0.4) is 0 Å². The Bertz CT molecular complexity index is 203. The fourth-order valence-corrected chi connectivity index (χ4v) is 1.56. The predicted octanol–water partition coefficient (Wildman–Crippen LogP) is 4.04. The van der Waals surface area contributed by atoms with Crippen molar-refractivity contribution in [1.82, 2.24) is 0 Å². The molecule has 0 aliphatic heterocycles. The Morgan fingerprint density at radius 1 is 1.14 bits per heavy atom. The van der Waals surface area contributed by atoms with Gasteiger partial charge in [-0.15, -0.1) is 0 Å². The largest absolute Gasteiger partial charge is 0.512 e. The Kier molecular flexibility index (Phi) is 4.04. The second-order valence-electron chi connectivity index (χ2n) is 6.24. The molecule has 0 saturated heterocycles. The second kappa shape index (κ2) is 4.24. The maximum Gasteiger partial charge on any atom is 0.130 e. The highest BCUT2D eigenvalue weighted by Crippen LogP contribution is 2.39. The summed E-state index contributed by atoms with van der Waals surface area (Å²) < 4.78 is 0. The summed E-state index contributed by atoms with van der Waals surface area (Å²) in [7, 11) is 0. The van der Waals surface area contributed by atoms with Crippen molar-refractivity contribution in [3.63, 3.8) is 0 Å². The summed E-state index contributed by atoms with van der Waals surface area (Å²) >= 11 is 0. The Balaban J connectivity index is 4.77. The van der Waals surface area contributed by atoms with Crippen LogP contribution in [-0.2, 0) is 0 Å². The van der Waals surface area contributed by atoms with E-state index < -0.39 is 0 Å². The molecule has 0 amide bonds. The fourth-order valence-electron chi connectivity index (χ4n) is 1.56. The Labute approximate surface area is 87.7 Å². The van der Waals surface area contributed by atoms with Crippen molar-refractivity contribution in [3.8, 4) is 0 Å². The van der Waals surface area contributed by atoms with Crippen LogP contribution in [0.1, 0.15) is 48.0 Å². The van der Waals surface area contributed by atoms with E-state index in [9.17, 15) is 5.11 Å². The highest BCUT2D eigenvalue weighted by molar-refractivity contribution is 4.99. The lowest BCUT2D eigenvalue weighted by Gasteiger charge is -2.34. The first-order valence-corrected chi connectivity index (χ1v) is 5.11. The quantitative estimate of drug-likeness (QED) is 0.660. The first-order chi connectivity index (χ1) is 6.08. The van der Waals surface area contributed by atoms with Gasteiger partial charge < -0.3 is 10.2 Å². The summed E-state index contributed by atoms with van der Waals surface area (Å²) in [6.07, 6.45) is 1.68. The van der Waals surface area contributed by atoms with Crippen LogP contribution >= 0.6 is 0 Å². The van der Waals surface area contributed by atoms with E-state index in [1.165, 1.54) is 0 Å². The van der Waals surface area contributed by atoms with Gasteiger partial charge in [0, 0.05) is 5.92 Å². The van der Waals surface area contributed by atoms with Crippen LogP contribution in [0.5, 0.6) is 0 Å². The zero-order chi connectivity index (χ0) is 11.6. The molecule has 0 bridgehead atoms. The second-order valence-corrected chi connectivity index (χ2v) is 6.24. The third kappa shape index (κ3) is 4.54. The molecular weight excluding hydrogens is 176 g/mol. The first kappa shape index (κ1) is 13.3. The van der Waals surface area contributed by atoms with E-state index >= 15 is 0 Å². The lowest BCUT2D eigenvalue weighted by molar-refractivity contribution is 0.139. The molecule has 0 saturated carbocycles. The lowest BCUT2D eigenvalue weighted by Crippen LogP contribution is -2.27. The molecule has 0 aromatic rings. The van der Waals surface area contributed by atoms with Crippen LogP contribution < -0.4 is 0 Å². The van der Waals surface area contributed by atoms with Crippen LogP contribution in [0.4, 0.5) is 0 Å². The van der Waals surface area contributed by atoms with Crippen LogP contribution in [-0.4, -0.2) is 10.2 Å². The minimum Gasteiger partial charge on any atom is -0.512 e. The number of allylic oxidation sites excluding steroid dienone is 1. The average Bonchev–Trinajstić information content (AvgIpc) is 1.95. The van der Waals surface area contributed by atoms with Gasteiger partial charge in [-0.3, -0.25) is 0 Å². The molecule has 0 spiro atoms. The van der Waals surface area contributed by atoms with Gasteiger partial charge in [-0.1, -0.05) is 41.5 Å². The van der Waals surface area contributed by atoms with Crippen molar-refractivity contribution in [3.05, 3.63) is 12.0 Å². The van der Waals surface area contributed by atoms with E-state index in [2.05, 4.69) is 41.5 Å². The first-order valence-electron chi connectivity index (χ1n) is 5.11. The zero-order valence-electron chi connectivity index (χ0n) is 10.3. The monoisotopic (exact) mass is 200 g/mol. The molecule has 2 heteroatoms. The van der Waals surface area contributed by atoms with Gasteiger partial charge in [0.05, 0.1) is 0 Å². The minimum atomic E-state index is -0.0312. The van der Waals surface area contributed by atoms with Crippen LogP contribution in [0.2, 0.25) is 0 Å². The summed E-state index contributed by atoms with van der Waals surface area (Å²) in [4.78, 5) is 0. The Morgan fingerprint density at radius 3 is 1.79 bits per heavy atom. The molecule has 0 aromatic carbocycles. The van der Waals surface area contributed by atoms with Crippen molar-refractivity contribution in [2.45, 2.75) is 48.0 Å². The number of aliphatic hydroxyl groups excluding tert-OH is 2. The van der Waals surface area contributed by atoms with E-state index in [1.54, 1.807) is 0 Å². The molecule has 84 valence electrons. The standard InChI is InChI=1S/C12H24O2/c1-11(2,3)7-9(10(14)8-13)12(4,5)6/h8-9,13-14H,7H2,1-6H3/b10-8-. The van der Waals surface area contributed by atoms with Gasteiger partial charge in [0.1, 0.15) is 12.0 Å². The molecule has 0 rings (SSSR count). The highest BCUT2D eigenvalue weighted by Gasteiger charge is 2.32. The average molecular weight is 200 g/mol. The smallest absolute Gasteiger partial charge is 0.130 e. The van der Waals surface area contributed by atoms with Crippen LogP contribution in [0.15, 0.2) is 12.0 Å². The third-order valence-electron chi connectivity index (χ3n) is 2.35. The summed E-state index contributed by atoms with van der Waals surface area (Å²) in [5.41, 5.74) is 0.117. The van der Waals surface area contributed by atoms with E-state index in [4.69, 9.17) is 5.11 Å². The molecule has 2 nitrogen and oxygen atoms in total. The Morgan fingerprint density at radius 2 is 1.57 bits per heavy atom. The van der Waals surface area contributed by atoms with E-state index in [1.807, 2.05) is 0 Å². The molecule has 0 radical (unpaired) electrons. The van der Waals surface area contributed by atoms with Gasteiger partial charge in [-0.25, -0.2) is 0 Å². The predicted molar refractivity (Wildman–Crippen MR) is 60.4 cm³/mol. The molecule has 0 fully saturated rings. The molecule has 2 N–H and O–H groups in total. The highest BCUT2D eigenvalue weighted by atomic mass is 16.3. The summed E-state index contributed by atoms with van der Waals surface area (Å²) in [6, 6.07) is 0. The van der Waals surface area contributed by atoms with Crippen molar-refractivity contribution in [1.29, 1.82) is 0 Å². The molecule has 1 atom stereocenters. The van der Waals surface area contributed by atoms with Crippen molar-refractivity contribution < 1.29 is 10.2 Å². The van der Waals surface area contributed by atoms with Crippen LogP contribution in [0, 0.1) is 16.7 Å². The number of hydrogen-bond donors (Lipinski definition) is 2. The van der Waals surface area contributed by atoms with Crippen molar-refractivity contribution in [2.75, 3.05) is 0 Å². The van der Waals surface area contributed by atoms with Gasteiger partial charge in [-0.05, 0) is 17.3 Å². The normalized spacial score (nSPS) is 16.9. The van der Waals surface area contributed by atoms with Crippen molar-refractivity contribution >= 4 is 0 Å². The zero-order valence-corrected chi connectivity index (χ0v) is 10.3. The number of aliphatic hydroxyl groups is 2. The molecule has 0 aliphatic carbocycles. The maximum absolute atomic E-state index is 9.63. The molecule has 1 unspecified atom stereocenters. The number of rotatable bonds is 2. The molecular formula is C12H24O2. The molecule has 0 aliphatic rings. The minimum absolute atomic E-state index is 0.00694. The molecule has 14 heavy (non-hydrogen) atoms. The van der Waals surface area contributed by atoms with E-state index in [-0.39, 0.29) is 22.5 Å². The summed E-state index contributed by atoms with van der Waals surface area (Å²) in [5.74, 6) is 0.0972. The topological polar surface area (TPSA) is 40.5 Å². The summed E-state index contributed by atoms with van der Waals surface area (Å²) in [5, 5.41) is 18.5. The van der Waals surface area contributed by atoms with Gasteiger partial charge in [0.15, 0.2) is 0 Å². The summed E-state index contributed by atoms with van der Waals surface area (Å²) in [6.45, 7) is 12.6. The van der Waals surface area contributed by atoms with Gasteiger partial charge in [-0.2, -0.15) is 0 Å². The van der Waals surface area contributed by atoms with Crippen molar-refractivity contribution in [2.24, 2.45) is 16.7 Å².